The van der Waals surface area contributed by atoms with Crippen molar-refractivity contribution in [3.63, 3.8) is 0 Å². The fourth-order valence-corrected chi connectivity index (χ4v) is 2.01. The highest BCUT2D eigenvalue weighted by Gasteiger charge is 2.13. The van der Waals surface area contributed by atoms with Crippen LogP contribution in [0.15, 0.2) is 18.7 Å². The van der Waals surface area contributed by atoms with Crippen LogP contribution in [-0.4, -0.2) is 45.3 Å². The summed E-state index contributed by atoms with van der Waals surface area (Å²) in [7, 11) is 0. The third kappa shape index (κ3) is 5.87. The number of aliphatic hydroxyl groups is 1. The van der Waals surface area contributed by atoms with Gasteiger partial charge in [0, 0.05) is 32.1 Å². The molecule has 0 fully saturated rings. The van der Waals surface area contributed by atoms with Crippen LogP contribution in [0.25, 0.3) is 0 Å². The number of aliphatic hydroxyl groups excluding tert-OH is 1. The average molecular weight is 267 g/mol. The molecule has 0 unspecified atom stereocenters. The quantitative estimate of drug-likeness (QED) is 0.699. The highest BCUT2D eigenvalue weighted by Crippen LogP contribution is 2.06. The van der Waals surface area contributed by atoms with Crippen LogP contribution in [0.5, 0.6) is 0 Å². The van der Waals surface area contributed by atoms with Crippen LogP contribution in [0.1, 0.15) is 45.4 Å². The minimum Gasteiger partial charge on any atom is -0.396 e. The van der Waals surface area contributed by atoms with Crippen molar-refractivity contribution in [2.45, 2.75) is 45.4 Å². The summed E-state index contributed by atoms with van der Waals surface area (Å²) in [6, 6.07) is -0.0542. The van der Waals surface area contributed by atoms with Crippen molar-refractivity contribution in [3.8, 4) is 0 Å². The summed E-state index contributed by atoms with van der Waals surface area (Å²) in [6.45, 7) is 3.65. The number of aromatic nitrogens is 2. The van der Waals surface area contributed by atoms with Crippen LogP contribution in [0, 0.1) is 0 Å². The second-order valence-corrected chi connectivity index (χ2v) is 4.73. The van der Waals surface area contributed by atoms with Gasteiger partial charge < -0.3 is 10.0 Å². The predicted molar refractivity (Wildman–Crippen MR) is 75.1 cm³/mol. The molecule has 1 N–H and O–H groups in total. The van der Waals surface area contributed by atoms with Crippen LogP contribution < -0.4 is 0 Å². The highest BCUT2D eigenvalue weighted by atomic mass is 16.3. The van der Waals surface area contributed by atoms with Crippen LogP contribution in [0.2, 0.25) is 0 Å². The number of carbonyl (C=O) groups excluding carboxylic acids is 1. The summed E-state index contributed by atoms with van der Waals surface area (Å²) in [5.41, 5.74) is 0. The van der Waals surface area contributed by atoms with Gasteiger partial charge in [0.1, 0.15) is 6.33 Å². The average Bonchev–Trinajstić information content (AvgIpc) is 2.95. The molecule has 0 aromatic carbocycles. The SMILES string of the molecule is CCCCCCCN(CCCO)C(=O)n1ccnc1. The van der Waals surface area contributed by atoms with E-state index in [4.69, 9.17) is 5.11 Å². The van der Waals surface area contributed by atoms with E-state index in [0.29, 0.717) is 13.0 Å². The fraction of sp³-hybridized carbons (Fsp3) is 0.714. The molecule has 1 heterocycles. The standard InChI is InChI=1S/C14H25N3O2/c1-2-3-4-5-6-9-16(10-7-12-18)14(19)17-11-8-15-13-17/h8,11,13,18H,2-7,9-10,12H2,1H3. The largest absolute Gasteiger partial charge is 0.396 e. The summed E-state index contributed by atoms with van der Waals surface area (Å²) in [5, 5.41) is 8.91. The van der Waals surface area contributed by atoms with Gasteiger partial charge in [-0.15, -0.1) is 0 Å². The maximum Gasteiger partial charge on any atom is 0.329 e. The Kier molecular flexibility index (Phi) is 7.89. The molecule has 0 bridgehead atoms. The monoisotopic (exact) mass is 267 g/mol. The molecule has 0 spiro atoms. The van der Waals surface area contributed by atoms with Crippen molar-refractivity contribution in [2.75, 3.05) is 19.7 Å². The molecule has 0 aliphatic heterocycles. The van der Waals surface area contributed by atoms with Crippen molar-refractivity contribution in [1.82, 2.24) is 14.5 Å². The summed E-state index contributed by atoms with van der Waals surface area (Å²) >= 11 is 0. The second-order valence-electron chi connectivity index (χ2n) is 4.73. The Morgan fingerprint density at radius 3 is 2.58 bits per heavy atom. The lowest BCUT2D eigenvalue weighted by Gasteiger charge is -2.22. The van der Waals surface area contributed by atoms with E-state index < -0.39 is 0 Å². The molecule has 5 heteroatoms. The Labute approximate surface area is 115 Å². The van der Waals surface area contributed by atoms with Crippen molar-refractivity contribution < 1.29 is 9.90 Å². The first-order chi connectivity index (χ1) is 9.29. The maximum atomic E-state index is 12.2. The van der Waals surface area contributed by atoms with Crippen molar-refractivity contribution in [3.05, 3.63) is 18.7 Å². The normalized spacial score (nSPS) is 10.6. The number of hydrogen-bond donors (Lipinski definition) is 1. The number of imidazole rings is 1. The zero-order valence-corrected chi connectivity index (χ0v) is 11.8. The number of nitrogens with zero attached hydrogens (tertiary/aromatic N) is 3. The third-order valence-corrected chi connectivity index (χ3v) is 3.11. The first-order valence-corrected chi connectivity index (χ1v) is 7.17. The molecule has 1 aromatic rings. The molecule has 108 valence electrons. The Balaban J connectivity index is 2.40. The smallest absolute Gasteiger partial charge is 0.329 e. The van der Waals surface area contributed by atoms with Gasteiger partial charge in [-0.2, -0.15) is 0 Å². The van der Waals surface area contributed by atoms with E-state index in [9.17, 15) is 4.79 Å². The van der Waals surface area contributed by atoms with Crippen molar-refractivity contribution in [1.29, 1.82) is 0 Å². The van der Waals surface area contributed by atoms with Crippen LogP contribution >= 0.6 is 0 Å². The van der Waals surface area contributed by atoms with Gasteiger partial charge in [0.15, 0.2) is 0 Å². The molecule has 1 aromatic heterocycles. The number of rotatable bonds is 9. The van der Waals surface area contributed by atoms with Crippen LogP contribution in [0.3, 0.4) is 0 Å². The summed E-state index contributed by atoms with van der Waals surface area (Å²) in [4.78, 5) is 17.9. The minimum atomic E-state index is -0.0542. The lowest BCUT2D eigenvalue weighted by Crippen LogP contribution is -2.36. The molecule has 0 atom stereocenters. The molecule has 19 heavy (non-hydrogen) atoms. The Morgan fingerprint density at radius 1 is 1.21 bits per heavy atom. The molecule has 1 amide bonds. The number of amides is 1. The van der Waals surface area contributed by atoms with Gasteiger partial charge in [-0.25, -0.2) is 9.78 Å². The molecule has 0 radical (unpaired) electrons. The Bertz CT molecular complexity index is 338. The number of unbranched alkanes of at least 4 members (excludes halogenated alkanes) is 4. The topological polar surface area (TPSA) is 58.4 Å². The first kappa shape index (κ1) is 15.7. The van der Waals surface area contributed by atoms with Gasteiger partial charge in [-0.05, 0) is 12.8 Å². The first-order valence-electron chi connectivity index (χ1n) is 7.17. The molecule has 1 rings (SSSR count). The van der Waals surface area contributed by atoms with Crippen LogP contribution in [-0.2, 0) is 0 Å². The van der Waals surface area contributed by atoms with Crippen LogP contribution in [0.4, 0.5) is 4.79 Å². The maximum absolute atomic E-state index is 12.2. The number of hydrogen-bond acceptors (Lipinski definition) is 3. The summed E-state index contributed by atoms with van der Waals surface area (Å²) < 4.78 is 1.49. The van der Waals surface area contributed by atoms with E-state index in [1.54, 1.807) is 17.3 Å². The molecule has 0 aliphatic rings. The summed E-state index contributed by atoms with van der Waals surface area (Å²) in [6.07, 6.45) is 11.3. The molecular formula is C14H25N3O2. The highest BCUT2D eigenvalue weighted by molar-refractivity contribution is 5.76. The molecule has 0 saturated carbocycles. The Morgan fingerprint density at radius 2 is 1.95 bits per heavy atom. The summed E-state index contributed by atoms with van der Waals surface area (Å²) in [5.74, 6) is 0. The van der Waals surface area contributed by atoms with E-state index in [0.717, 1.165) is 19.4 Å². The fourth-order valence-electron chi connectivity index (χ4n) is 2.01. The van der Waals surface area contributed by atoms with Gasteiger partial charge in [-0.1, -0.05) is 32.6 Å². The van der Waals surface area contributed by atoms with Crippen molar-refractivity contribution >= 4 is 6.03 Å². The predicted octanol–water partition coefficient (Wildman–Crippen LogP) is 2.51. The van der Waals surface area contributed by atoms with Gasteiger partial charge in [0.05, 0.1) is 0 Å². The van der Waals surface area contributed by atoms with Crippen molar-refractivity contribution in [2.24, 2.45) is 0 Å². The molecular weight excluding hydrogens is 242 g/mol. The zero-order valence-electron chi connectivity index (χ0n) is 11.8. The minimum absolute atomic E-state index is 0.0542. The molecule has 0 aliphatic carbocycles. The van der Waals surface area contributed by atoms with Gasteiger partial charge in [0.25, 0.3) is 0 Å². The molecule has 5 nitrogen and oxygen atoms in total. The lowest BCUT2D eigenvalue weighted by atomic mass is 10.1. The van der Waals surface area contributed by atoms with E-state index in [1.165, 1.54) is 30.2 Å². The molecule has 0 saturated heterocycles. The Hall–Kier alpha value is -1.36. The van der Waals surface area contributed by atoms with E-state index in [1.807, 2.05) is 0 Å². The van der Waals surface area contributed by atoms with E-state index >= 15 is 0 Å². The third-order valence-electron chi connectivity index (χ3n) is 3.11. The number of carbonyl (C=O) groups is 1. The van der Waals surface area contributed by atoms with Gasteiger partial charge in [0.2, 0.25) is 0 Å². The van der Waals surface area contributed by atoms with E-state index in [-0.39, 0.29) is 12.6 Å². The van der Waals surface area contributed by atoms with Gasteiger partial charge >= 0.3 is 6.03 Å². The lowest BCUT2D eigenvalue weighted by molar-refractivity contribution is 0.189. The van der Waals surface area contributed by atoms with E-state index in [2.05, 4.69) is 11.9 Å². The van der Waals surface area contributed by atoms with Gasteiger partial charge in [-0.3, -0.25) is 4.57 Å². The second kappa shape index (κ2) is 9.55. The zero-order chi connectivity index (χ0) is 13.9.